The van der Waals surface area contributed by atoms with Crippen molar-refractivity contribution in [1.82, 2.24) is 5.32 Å². The van der Waals surface area contributed by atoms with Crippen molar-refractivity contribution < 1.29 is 4.79 Å². The zero-order valence-corrected chi connectivity index (χ0v) is 8.21. The van der Waals surface area contributed by atoms with E-state index in [1.807, 2.05) is 13.0 Å². The fourth-order valence-electron chi connectivity index (χ4n) is 1.24. The molecule has 3 heteroatoms. The van der Waals surface area contributed by atoms with Gasteiger partial charge >= 0.3 is 0 Å². The average Bonchev–Trinajstić information content (AvgIpc) is 2.95. The van der Waals surface area contributed by atoms with Crippen LogP contribution in [0.1, 0.15) is 26.2 Å². The first-order valence-corrected chi connectivity index (χ1v) is 4.69. The molecule has 1 saturated carbocycles. The summed E-state index contributed by atoms with van der Waals surface area (Å²) in [5.41, 5.74) is 2.06. The minimum absolute atomic E-state index is 0.639. The standard InChI is InChI=1S/C10H16N2O/c1-3-9(12-7-13)6-10(11-2)8-4-5-8/h6-8H,3-5H2,1-2H3,(H,12,13)/b9-6+,11-10?. The van der Waals surface area contributed by atoms with Crippen LogP contribution in [0.3, 0.4) is 0 Å². The molecule has 0 bridgehead atoms. The normalized spacial score (nSPS) is 18.6. The molecule has 1 aliphatic rings. The molecule has 1 N–H and O–H groups in total. The van der Waals surface area contributed by atoms with Crippen molar-refractivity contribution in [3.8, 4) is 0 Å². The molecule has 0 radical (unpaired) electrons. The summed E-state index contributed by atoms with van der Waals surface area (Å²) in [4.78, 5) is 14.4. The van der Waals surface area contributed by atoms with Gasteiger partial charge in [0, 0.05) is 24.4 Å². The van der Waals surface area contributed by atoms with Gasteiger partial charge in [0.25, 0.3) is 0 Å². The molecule has 1 amide bonds. The van der Waals surface area contributed by atoms with Gasteiger partial charge in [0.05, 0.1) is 0 Å². The van der Waals surface area contributed by atoms with Crippen LogP contribution in [-0.2, 0) is 4.79 Å². The minimum atomic E-state index is 0.639. The van der Waals surface area contributed by atoms with Crippen molar-refractivity contribution in [2.45, 2.75) is 26.2 Å². The number of allylic oxidation sites excluding steroid dienone is 2. The van der Waals surface area contributed by atoms with Crippen molar-refractivity contribution in [3.05, 3.63) is 11.8 Å². The maximum Gasteiger partial charge on any atom is 0.211 e. The Morgan fingerprint density at radius 2 is 2.31 bits per heavy atom. The molecule has 0 aromatic rings. The largest absolute Gasteiger partial charge is 0.332 e. The van der Waals surface area contributed by atoms with Crippen LogP contribution in [-0.4, -0.2) is 19.2 Å². The third-order valence-corrected chi connectivity index (χ3v) is 2.20. The summed E-state index contributed by atoms with van der Waals surface area (Å²) in [5.74, 6) is 0.639. The van der Waals surface area contributed by atoms with Crippen LogP contribution in [0.5, 0.6) is 0 Å². The van der Waals surface area contributed by atoms with Crippen LogP contribution in [0.15, 0.2) is 16.8 Å². The van der Waals surface area contributed by atoms with Gasteiger partial charge in [-0.1, -0.05) is 6.92 Å². The maximum atomic E-state index is 10.2. The highest BCUT2D eigenvalue weighted by Gasteiger charge is 2.25. The lowest BCUT2D eigenvalue weighted by molar-refractivity contribution is -0.108. The van der Waals surface area contributed by atoms with Gasteiger partial charge in [-0.15, -0.1) is 0 Å². The van der Waals surface area contributed by atoms with Gasteiger partial charge in [-0.2, -0.15) is 0 Å². The Hall–Kier alpha value is -1.12. The first-order valence-electron chi connectivity index (χ1n) is 4.69. The third-order valence-electron chi connectivity index (χ3n) is 2.20. The van der Waals surface area contributed by atoms with E-state index >= 15 is 0 Å². The van der Waals surface area contributed by atoms with Gasteiger partial charge in [-0.05, 0) is 25.3 Å². The zero-order valence-electron chi connectivity index (χ0n) is 8.21. The molecule has 0 saturated heterocycles. The van der Waals surface area contributed by atoms with E-state index in [1.54, 1.807) is 7.05 Å². The van der Waals surface area contributed by atoms with E-state index in [2.05, 4.69) is 10.3 Å². The van der Waals surface area contributed by atoms with Crippen LogP contribution in [0.25, 0.3) is 0 Å². The molecule has 1 rings (SSSR count). The summed E-state index contributed by atoms with van der Waals surface area (Å²) in [6.45, 7) is 2.02. The molecule has 0 spiro atoms. The molecule has 1 aliphatic carbocycles. The van der Waals surface area contributed by atoms with Gasteiger partial charge in [0.1, 0.15) is 0 Å². The lowest BCUT2D eigenvalue weighted by Crippen LogP contribution is -2.12. The van der Waals surface area contributed by atoms with E-state index < -0.39 is 0 Å². The molecule has 72 valence electrons. The SMILES string of the molecule is CC/C(=C\C(=NC)C1CC1)NC=O. The molecule has 0 aromatic heterocycles. The highest BCUT2D eigenvalue weighted by molar-refractivity contribution is 5.99. The zero-order chi connectivity index (χ0) is 9.68. The molecule has 0 aliphatic heterocycles. The monoisotopic (exact) mass is 180 g/mol. The summed E-state index contributed by atoms with van der Waals surface area (Å²) in [5, 5.41) is 2.68. The number of carbonyl (C=O) groups is 1. The van der Waals surface area contributed by atoms with Crippen molar-refractivity contribution >= 4 is 12.1 Å². The Labute approximate surface area is 78.9 Å². The van der Waals surface area contributed by atoms with Crippen LogP contribution < -0.4 is 5.32 Å². The highest BCUT2D eigenvalue weighted by Crippen LogP contribution is 2.31. The van der Waals surface area contributed by atoms with Crippen LogP contribution >= 0.6 is 0 Å². The number of amides is 1. The fourth-order valence-corrected chi connectivity index (χ4v) is 1.24. The van der Waals surface area contributed by atoms with Crippen molar-refractivity contribution in [3.63, 3.8) is 0 Å². The Bertz CT molecular complexity index is 239. The molecule has 3 nitrogen and oxygen atoms in total. The molecule has 0 aromatic carbocycles. The van der Waals surface area contributed by atoms with E-state index in [9.17, 15) is 4.79 Å². The predicted molar refractivity (Wildman–Crippen MR) is 53.7 cm³/mol. The third kappa shape index (κ3) is 3.01. The van der Waals surface area contributed by atoms with E-state index in [0.29, 0.717) is 5.92 Å². The van der Waals surface area contributed by atoms with E-state index in [1.165, 1.54) is 12.8 Å². The number of nitrogens with zero attached hydrogens (tertiary/aromatic N) is 1. The summed E-state index contributed by atoms with van der Waals surface area (Å²) in [6, 6.07) is 0. The lowest BCUT2D eigenvalue weighted by atomic mass is 10.2. The minimum Gasteiger partial charge on any atom is -0.332 e. The van der Waals surface area contributed by atoms with Gasteiger partial charge in [0.15, 0.2) is 0 Å². The summed E-state index contributed by atoms with van der Waals surface area (Å²) in [6.07, 6.45) is 6.02. The summed E-state index contributed by atoms with van der Waals surface area (Å²) >= 11 is 0. The van der Waals surface area contributed by atoms with Crippen LogP contribution in [0.2, 0.25) is 0 Å². The van der Waals surface area contributed by atoms with Crippen molar-refractivity contribution in [1.29, 1.82) is 0 Å². The average molecular weight is 180 g/mol. The Kier molecular flexibility index (Phi) is 3.68. The maximum absolute atomic E-state index is 10.2. The predicted octanol–water partition coefficient (Wildman–Crippen LogP) is 1.51. The van der Waals surface area contributed by atoms with Gasteiger partial charge < -0.3 is 5.32 Å². The smallest absolute Gasteiger partial charge is 0.211 e. The fraction of sp³-hybridized carbons (Fsp3) is 0.600. The first kappa shape index (κ1) is 9.96. The number of hydrogen-bond donors (Lipinski definition) is 1. The molecule has 0 atom stereocenters. The topological polar surface area (TPSA) is 41.5 Å². The van der Waals surface area contributed by atoms with Gasteiger partial charge in [-0.25, -0.2) is 0 Å². The Balaban J connectivity index is 2.62. The second-order valence-electron chi connectivity index (χ2n) is 3.21. The van der Waals surface area contributed by atoms with Crippen molar-refractivity contribution in [2.75, 3.05) is 7.05 Å². The van der Waals surface area contributed by atoms with Gasteiger partial charge in [-0.3, -0.25) is 9.79 Å². The Morgan fingerprint density at radius 3 is 2.69 bits per heavy atom. The molecular weight excluding hydrogens is 164 g/mol. The van der Waals surface area contributed by atoms with Crippen LogP contribution in [0, 0.1) is 5.92 Å². The van der Waals surface area contributed by atoms with Crippen LogP contribution in [0.4, 0.5) is 0 Å². The first-order chi connectivity index (χ1) is 6.31. The second-order valence-corrected chi connectivity index (χ2v) is 3.21. The van der Waals surface area contributed by atoms with E-state index in [0.717, 1.165) is 24.2 Å². The van der Waals surface area contributed by atoms with E-state index in [4.69, 9.17) is 0 Å². The highest BCUT2D eigenvalue weighted by atomic mass is 16.1. The number of rotatable bonds is 5. The number of hydrogen-bond acceptors (Lipinski definition) is 2. The molecule has 0 heterocycles. The number of aliphatic imine (C=N–C) groups is 1. The molecule has 1 fully saturated rings. The quantitative estimate of drug-likeness (QED) is 0.505. The second kappa shape index (κ2) is 4.80. The molecule has 13 heavy (non-hydrogen) atoms. The summed E-state index contributed by atoms with van der Waals surface area (Å²) in [7, 11) is 1.80. The van der Waals surface area contributed by atoms with Gasteiger partial charge in [0.2, 0.25) is 6.41 Å². The number of carbonyl (C=O) groups excluding carboxylic acids is 1. The lowest BCUT2D eigenvalue weighted by Gasteiger charge is -2.03. The Morgan fingerprint density at radius 1 is 1.62 bits per heavy atom. The molecule has 0 unspecified atom stereocenters. The van der Waals surface area contributed by atoms with E-state index in [-0.39, 0.29) is 0 Å². The summed E-state index contributed by atoms with van der Waals surface area (Å²) < 4.78 is 0. The van der Waals surface area contributed by atoms with Crippen molar-refractivity contribution in [2.24, 2.45) is 10.9 Å². The number of nitrogens with one attached hydrogen (secondary N) is 1. The molecular formula is C10H16N2O.